The first-order valence-electron chi connectivity index (χ1n) is 7.41. The second-order valence-electron chi connectivity index (χ2n) is 5.86. The van der Waals surface area contributed by atoms with Crippen LogP contribution in [-0.2, 0) is 12.8 Å². The Morgan fingerprint density at radius 1 is 1.29 bits per heavy atom. The van der Waals surface area contributed by atoms with E-state index in [4.69, 9.17) is 10.7 Å². The zero-order valence-electron chi connectivity index (χ0n) is 12.5. The summed E-state index contributed by atoms with van der Waals surface area (Å²) in [5.74, 6) is 0.911. The summed E-state index contributed by atoms with van der Waals surface area (Å²) in [6, 6.07) is 4.76. The zero-order valence-corrected chi connectivity index (χ0v) is 12.5. The number of fused-ring (bicyclic) bond motifs is 1. The summed E-state index contributed by atoms with van der Waals surface area (Å²) in [7, 11) is 0. The van der Waals surface area contributed by atoms with Gasteiger partial charge < -0.3 is 5.73 Å². The summed E-state index contributed by atoms with van der Waals surface area (Å²) in [5, 5.41) is 0. The van der Waals surface area contributed by atoms with E-state index in [2.05, 4.69) is 4.98 Å². The number of hydrogen-bond donors (Lipinski definition) is 1. The maximum atomic E-state index is 13.5. The smallest absolute Gasteiger partial charge is 0.160 e. The number of aryl methyl sites for hydroxylation is 3. The summed E-state index contributed by atoms with van der Waals surface area (Å²) in [6.07, 6.45) is 2.96. The number of aromatic nitrogens is 2. The van der Waals surface area contributed by atoms with Gasteiger partial charge in [-0.05, 0) is 68.8 Å². The number of rotatable bonds is 2. The molecule has 4 heteroatoms. The zero-order chi connectivity index (χ0) is 15.0. The van der Waals surface area contributed by atoms with E-state index in [1.165, 1.54) is 17.7 Å². The molecule has 110 valence electrons. The van der Waals surface area contributed by atoms with Gasteiger partial charge in [0, 0.05) is 17.0 Å². The first-order chi connectivity index (χ1) is 10.1. The highest BCUT2D eigenvalue weighted by Crippen LogP contribution is 2.29. The summed E-state index contributed by atoms with van der Waals surface area (Å²) in [4.78, 5) is 9.31. The van der Waals surface area contributed by atoms with Crippen molar-refractivity contribution in [3.05, 3.63) is 46.5 Å². The van der Waals surface area contributed by atoms with Crippen LogP contribution in [0.15, 0.2) is 18.2 Å². The van der Waals surface area contributed by atoms with Gasteiger partial charge in [0.15, 0.2) is 5.82 Å². The molecule has 0 spiro atoms. The average molecular weight is 285 g/mol. The van der Waals surface area contributed by atoms with Crippen LogP contribution in [0.4, 0.5) is 4.39 Å². The number of nitrogens with two attached hydrogens (primary N) is 1. The minimum absolute atomic E-state index is 0.252. The van der Waals surface area contributed by atoms with Gasteiger partial charge in [-0.3, -0.25) is 0 Å². The van der Waals surface area contributed by atoms with Crippen molar-refractivity contribution in [3.8, 4) is 11.4 Å². The van der Waals surface area contributed by atoms with Crippen molar-refractivity contribution in [1.82, 2.24) is 9.97 Å². The topological polar surface area (TPSA) is 51.8 Å². The fourth-order valence-corrected chi connectivity index (χ4v) is 3.02. The molecule has 0 saturated carbocycles. The van der Waals surface area contributed by atoms with Crippen LogP contribution in [-0.4, -0.2) is 16.5 Å². The third-order valence-corrected chi connectivity index (χ3v) is 4.36. The van der Waals surface area contributed by atoms with Gasteiger partial charge in [-0.2, -0.15) is 0 Å². The van der Waals surface area contributed by atoms with Crippen LogP contribution in [0.25, 0.3) is 11.4 Å². The SMILES string of the molecule is Cc1ccc(F)cc1-c1nc(C)c2c(n1)CCC(CN)C2. The third-order valence-electron chi connectivity index (χ3n) is 4.36. The van der Waals surface area contributed by atoms with E-state index in [1.54, 1.807) is 6.07 Å². The lowest BCUT2D eigenvalue weighted by Gasteiger charge is -2.24. The van der Waals surface area contributed by atoms with Gasteiger partial charge >= 0.3 is 0 Å². The van der Waals surface area contributed by atoms with E-state index in [1.807, 2.05) is 13.8 Å². The minimum atomic E-state index is -0.252. The number of nitrogens with zero attached hydrogens (tertiary/aromatic N) is 2. The van der Waals surface area contributed by atoms with Gasteiger partial charge in [-0.15, -0.1) is 0 Å². The lowest BCUT2D eigenvalue weighted by Crippen LogP contribution is -2.24. The Balaban J connectivity index is 2.07. The van der Waals surface area contributed by atoms with E-state index in [-0.39, 0.29) is 5.82 Å². The van der Waals surface area contributed by atoms with Gasteiger partial charge in [-0.1, -0.05) is 6.07 Å². The lowest BCUT2D eigenvalue weighted by atomic mass is 9.86. The largest absolute Gasteiger partial charge is 0.330 e. The summed E-state index contributed by atoms with van der Waals surface area (Å²) in [5.41, 5.74) is 10.9. The standard InChI is InChI=1S/C17H20FN3/c1-10-3-5-13(18)8-14(10)17-20-11(2)15-7-12(9-19)4-6-16(15)21-17/h3,5,8,12H,4,6-7,9,19H2,1-2H3. The van der Waals surface area contributed by atoms with Gasteiger partial charge in [-0.25, -0.2) is 14.4 Å². The molecule has 2 aromatic rings. The van der Waals surface area contributed by atoms with Gasteiger partial charge in [0.1, 0.15) is 5.82 Å². The molecule has 0 fully saturated rings. The van der Waals surface area contributed by atoms with Crippen molar-refractivity contribution in [3.63, 3.8) is 0 Å². The van der Waals surface area contributed by atoms with Crippen LogP contribution >= 0.6 is 0 Å². The summed E-state index contributed by atoms with van der Waals surface area (Å²) in [6.45, 7) is 4.68. The number of benzene rings is 1. The Morgan fingerprint density at radius 3 is 2.86 bits per heavy atom. The second-order valence-corrected chi connectivity index (χ2v) is 5.86. The number of halogens is 1. The molecular formula is C17H20FN3. The van der Waals surface area contributed by atoms with Crippen LogP contribution in [0.3, 0.4) is 0 Å². The van der Waals surface area contributed by atoms with Crippen molar-refractivity contribution in [2.45, 2.75) is 33.1 Å². The molecule has 0 aliphatic heterocycles. The molecule has 1 aromatic carbocycles. The third kappa shape index (κ3) is 2.68. The highest BCUT2D eigenvalue weighted by molar-refractivity contribution is 5.60. The molecule has 0 bridgehead atoms. The predicted molar refractivity (Wildman–Crippen MR) is 81.5 cm³/mol. The molecular weight excluding hydrogens is 265 g/mol. The molecule has 3 nitrogen and oxygen atoms in total. The molecule has 0 radical (unpaired) electrons. The van der Waals surface area contributed by atoms with Crippen LogP contribution in [0, 0.1) is 25.6 Å². The molecule has 1 aliphatic carbocycles. The van der Waals surface area contributed by atoms with Crippen molar-refractivity contribution >= 4 is 0 Å². The van der Waals surface area contributed by atoms with Crippen LogP contribution in [0.1, 0.15) is 28.9 Å². The average Bonchev–Trinajstić information content (AvgIpc) is 2.49. The van der Waals surface area contributed by atoms with Crippen LogP contribution in [0.2, 0.25) is 0 Å². The molecule has 0 saturated heterocycles. The molecule has 21 heavy (non-hydrogen) atoms. The summed E-state index contributed by atoms with van der Waals surface area (Å²) >= 11 is 0. The molecule has 0 amide bonds. The van der Waals surface area contributed by atoms with Crippen molar-refractivity contribution < 1.29 is 4.39 Å². The minimum Gasteiger partial charge on any atom is -0.330 e. The van der Waals surface area contributed by atoms with Crippen molar-refractivity contribution in [1.29, 1.82) is 0 Å². The maximum Gasteiger partial charge on any atom is 0.160 e. The Morgan fingerprint density at radius 2 is 2.10 bits per heavy atom. The van der Waals surface area contributed by atoms with Crippen molar-refractivity contribution in [2.24, 2.45) is 11.7 Å². The van der Waals surface area contributed by atoms with E-state index in [0.717, 1.165) is 41.8 Å². The summed E-state index contributed by atoms with van der Waals surface area (Å²) < 4.78 is 13.5. The Hall–Kier alpha value is -1.81. The molecule has 1 atom stereocenters. The quantitative estimate of drug-likeness (QED) is 0.923. The first-order valence-corrected chi connectivity index (χ1v) is 7.41. The monoisotopic (exact) mass is 285 g/mol. The maximum absolute atomic E-state index is 13.5. The lowest BCUT2D eigenvalue weighted by molar-refractivity contribution is 0.460. The van der Waals surface area contributed by atoms with Crippen LogP contribution < -0.4 is 5.73 Å². The van der Waals surface area contributed by atoms with Gasteiger partial charge in [0.2, 0.25) is 0 Å². The van der Waals surface area contributed by atoms with E-state index in [0.29, 0.717) is 18.3 Å². The fraction of sp³-hybridized carbons (Fsp3) is 0.412. The molecule has 1 heterocycles. The first kappa shape index (κ1) is 14.1. The second kappa shape index (κ2) is 5.53. The fourth-order valence-electron chi connectivity index (χ4n) is 3.02. The van der Waals surface area contributed by atoms with Crippen molar-refractivity contribution in [2.75, 3.05) is 6.54 Å². The normalized spacial score (nSPS) is 17.6. The molecule has 1 aliphatic rings. The van der Waals surface area contributed by atoms with E-state index < -0.39 is 0 Å². The van der Waals surface area contributed by atoms with Gasteiger partial charge in [0.25, 0.3) is 0 Å². The highest BCUT2D eigenvalue weighted by Gasteiger charge is 2.22. The van der Waals surface area contributed by atoms with E-state index >= 15 is 0 Å². The Kier molecular flexibility index (Phi) is 3.72. The molecule has 2 N–H and O–H groups in total. The van der Waals surface area contributed by atoms with Crippen LogP contribution in [0.5, 0.6) is 0 Å². The molecule has 1 unspecified atom stereocenters. The highest BCUT2D eigenvalue weighted by atomic mass is 19.1. The Labute approximate surface area is 124 Å². The molecule has 1 aromatic heterocycles. The van der Waals surface area contributed by atoms with E-state index in [9.17, 15) is 4.39 Å². The predicted octanol–water partition coefficient (Wildman–Crippen LogP) is 2.96. The Bertz CT molecular complexity index is 682. The van der Waals surface area contributed by atoms with Gasteiger partial charge in [0.05, 0.1) is 0 Å². The number of hydrogen-bond acceptors (Lipinski definition) is 3. The molecule has 3 rings (SSSR count).